The average molecular weight is 736 g/mol. The molecule has 0 saturated carbocycles. The number of hydrogen-bond donors (Lipinski definition) is 0. The number of aromatic nitrogens is 1. The number of halogens is 1. The van der Waals surface area contributed by atoms with Gasteiger partial charge < -0.3 is 14.7 Å². The van der Waals surface area contributed by atoms with Crippen LogP contribution in [0, 0.1) is 0 Å². The average Bonchev–Trinajstić information content (AvgIpc) is 3.21. The predicted octanol–water partition coefficient (Wildman–Crippen LogP) is 13.9. The van der Waals surface area contributed by atoms with Gasteiger partial charge in [0.05, 0.1) is 28.4 Å². The molecule has 250 valence electrons. The zero-order valence-electron chi connectivity index (χ0n) is 28.4. The summed E-state index contributed by atoms with van der Waals surface area (Å²) in [4.78, 5) is 11.8. The lowest BCUT2D eigenvalue weighted by molar-refractivity contribution is 1.22. The zero-order chi connectivity index (χ0) is 35.1. The third kappa shape index (κ3) is 6.95. The Bertz CT molecular complexity index is 2190. The Hall–Kier alpha value is -6.43. The molecule has 0 N–H and O–H groups in total. The van der Waals surface area contributed by atoms with Crippen LogP contribution < -0.4 is 14.7 Å². The van der Waals surface area contributed by atoms with Gasteiger partial charge in [0.15, 0.2) is 0 Å². The smallest absolute Gasteiger partial charge is 0.0723 e. The van der Waals surface area contributed by atoms with Crippen LogP contribution in [-0.2, 0) is 0 Å². The van der Waals surface area contributed by atoms with E-state index in [9.17, 15) is 0 Å². The van der Waals surface area contributed by atoms with Gasteiger partial charge in [0.1, 0.15) is 0 Å². The van der Waals surface area contributed by atoms with Gasteiger partial charge >= 0.3 is 0 Å². The standard InChI is InChI=1S/C47H35BrN4/c48-36-18-17-27-41(32-36)52(47-30-14-13-28-45(47)46-29-15-16-31-49-46)44-34-42(50(37-19-5-1-6-20-37)38-21-7-2-8-22-38)33-43(35-44)51(39-23-9-3-10-24-39)40-25-11-4-12-26-40/h1-35H. The van der Waals surface area contributed by atoms with Gasteiger partial charge in [0.2, 0.25) is 0 Å². The van der Waals surface area contributed by atoms with E-state index in [2.05, 4.69) is 225 Å². The van der Waals surface area contributed by atoms with Crippen LogP contribution in [0.15, 0.2) is 217 Å². The second-order valence-corrected chi connectivity index (χ2v) is 13.2. The maximum atomic E-state index is 4.79. The number of nitrogens with zero attached hydrogens (tertiary/aromatic N) is 4. The number of rotatable bonds is 10. The molecule has 1 aromatic heterocycles. The highest BCUT2D eigenvalue weighted by Gasteiger charge is 2.23. The van der Waals surface area contributed by atoms with Crippen molar-refractivity contribution in [3.8, 4) is 11.3 Å². The maximum absolute atomic E-state index is 4.79. The van der Waals surface area contributed by atoms with Crippen molar-refractivity contribution in [3.05, 3.63) is 217 Å². The Morgan fingerprint density at radius 3 is 1.21 bits per heavy atom. The largest absolute Gasteiger partial charge is 0.310 e. The van der Waals surface area contributed by atoms with Crippen molar-refractivity contribution < 1.29 is 0 Å². The molecular formula is C47H35BrN4. The molecular weight excluding hydrogens is 700 g/mol. The van der Waals surface area contributed by atoms with Crippen LogP contribution in [0.4, 0.5) is 51.2 Å². The quantitative estimate of drug-likeness (QED) is 0.139. The molecule has 0 fully saturated rings. The van der Waals surface area contributed by atoms with Crippen molar-refractivity contribution in [1.82, 2.24) is 4.98 Å². The fraction of sp³-hybridized carbons (Fsp3) is 0. The lowest BCUT2D eigenvalue weighted by Crippen LogP contribution is -2.16. The highest BCUT2D eigenvalue weighted by atomic mass is 79.9. The van der Waals surface area contributed by atoms with Crippen molar-refractivity contribution in [1.29, 1.82) is 0 Å². The molecule has 0 atom stereocenters. The maximum Gasteiger partial charge on any atom is 0.0723 e. The van der Waals surface area contributed by atoms with Gasteiger partial charge in [-0.3, -0.25) is 4.98 Å². The van der Waals surface area contributed by atoms with E-state index in [1.807, 2.05) is 18.3 Å². The molecule has 0 radical (unpaired) electrons. The molecule has 0 saturated heterocycles. The summed E-state index contributed by atoms with van der Waals surface area (Å²) in [5, 5.41) is 0. The molecule has 0 amide bonds. The van der Waals surface area contributed by atoms with Gasteiger partial charge in [-0.15, -0.1) is 0 Å². The van der Waals surface area contributed by atoms with Crippen LogP contribution in [0.25, 0.3) is 11.3 Å². The second kappa shape index (κ2) is 15.2. The van der Waals surface area contributed by atoms with Crippen LogP contribution in [-0.4, -0.2) is 4.98 Å². The van der Waals surface area contributed by atoms with Gasteiger partial charge in [-0.2, -0.15) is 0 Å². The minimum atomic E-state index is 0.903. The summed E-state index contributed by atoms with van der Waals surface area (Å²) in [6.45, 7) is 0. The molecule has 7 aromatic carbocycles. The lowest BCUT2D eigenvalue weighted by Gasteiger charge is -2.33. The van der Waals surface area contributed by atoms with E-state index in [0.29, 0.717) is 0 Å². The first-order valence-electron chi connectivity index (χ1n) is 17.2. The lowest BCUT2D eigenvalue weighted by atomic mass is 10.0. The third-order valence-electron chi connectivity index (χ3n) is 8.87. The van der Waals surface area contributed by atoms with E-state index in [4.69, 9.17) is 4.98 Å². The number of anilines is 9. The summed E-state index contributed by atoms with van der Waals surface area (Å²) in [6, 6.07) is 72.1. The molecule has 0 aliphatic heterocycles. The molecule has 4 nitrogen and oxygen atoms in total. The second-order valence-electron chi connectivity index (χ2n) is 12.3. The van der Waals surface area contributed by atoms with E-state index in [0.717, 1.165) is 66.9 Å². The number of para-hydroxylation sites is 5. The van der Waals surface area contributed by atoms with Gasteiger partial charge in [0, 0.05) is 44.7 Å². The van der Waals surface area contributed by atoms with Crippen LogP contribution in [0.3, 0.4) is 0 Å². The first kappa shape index (κ1) is 32.8. The van der Waals surface area contributed by atoms with Gasteiger partial charge in [0.25, 0.3) is 0 Å². The molecule has 1 heterocycles. The monoisotopic (exact) mass is 734 g/mol. The summed E-state index contributed by atoms with van der Waals surface area (Å²) in [5.41, 5.74) is 11.2. The molecule has 0 bridgehead atoms. The first-order valence-corrected chi connectivity index (χ1v) is 18.0. The fourth-order valence-corrected chi connectivity index (χ4v) is 7.01. The third-order valence-corrected chi connectivity index (χ3v) is 9.36. The Labute approximate surface area is 313 Å². The van der Waals surface area contributed by atoms with Crippen molar-refractivity contribution in [2.75, 3.05) is 14.7 Å². The summed E-state index contributed by atoms with van der Waals surface area (Å²) < 4.78 is 0.993. The molecule has 0 spiro atoms. The van der Waals surface area contributed by atoms with E-state index < -0.39 is 0 Å². The van der Waals surface area contributed by atoms with Gasteiger partial charge in [-0.25, -0.2) is 0 Å². The highest BCUT2D eigenvalue weighted by molar-refractivity contribution is 9.10. The van der Waals surface area contributed by atoms with E-state index >= 15 is 0 Å². The Balaban J connectivity index is 1.45. The highest BCUT2D eigenvalue weighted by Crippen LogP contribution is 2.47. The summed E-state index contributed by atoms with van der Waals surface area (Å²) >= 11 is 3.78. The predicted molar refractivity (Wildman–Crippen MR) is 221 cm³/mol. The summed E-state index contributed by atoms with van der Waals surface area (Å²) in [6.07, 6.45) is 1.85. The van der Waals surface area contributed by atoms with Crippen LogP contribution in [0.1, 0.15) is 0 Å². The zero-order valence-corrected chi connectivity index (χ0v) is 30.0. The van der Waals surface area contributed by atoms with Crippen LogP contribution in [0.5, 0.6) is 0 Å². The minimum absolute atomic E-state index is 0.903. The molecule has 0 aliphatic carbocycles. The van der Waals surface area contributed by atoms with Crippen molar-refractivity contribution in [3.63, 3.8) is 0 Å². The molecule has 52 heavy (non-hydrogen) atoms. The van der Waals surface area contributed by atoms with E-state index in [-0.39, 0.29) is 0 Å². The van der Waals surface area contributed by atoms with Crippen LogP contribution >= 0.6 is 15.9 Å². The topological polar surface area (TPSA) is 22.6 Å². The summed E-state index contributed by atoms with van der Waals surface area (Å²) in [7, 11) is 0. The number of benzene rings is 7. The van der Waals surface area contributed by atoms with Crippen molar-refractivity contribution in [2.45, 2.75) is 0 Å². The molecule has 0 unspecified atom stereocenters. The van der Waals surface area contributed by atoms with E-state index in [1.165, 1.54) is 0 Å². The fourth-order valence-electron chi connectivity index (χ4n) is 6.62. The van der Waals surface area contributed by atoms with E-state index in [1.54, 1.807) is 0 Å². The van der Waals surface area contributed by atoms with Crippen molar-refractivity contribution >= 4 is 67.1 Å². The minimum Gasteiger partial charge on any atom is -0.310 e. The number of pyridine rings is 1. The Morgan fingerprint density at radius 1 is 0.327 bits per heavy atom. The first-order chi connectivity index (χ1) is 25.7. The normalized spacial score (nSPS) is 10.8. The molecule has 8 rings (SSSR count). The Morgan fingerprint density at radius 2 is 0.750 bits per heavy atom. The molecule has 0 aliphatic rings. The van der Waals surface area contributed by atoms with Crippen LogP contribution in [0.2, 0.25) is 0 Å². The summed E-state index contributed by atoms with van der Waals surface area (Å²) in [5.74, 6) is 0. The van der Waals surface area contributed by atoms with Crippen molar-refractivity contribution in [2.24, 2.45) is 0 Å². The van der Waals surface area contributed by atoms with Gasteiger partial charge in [-0.1, -0.05) is 119 Å². The Kier molecular flexibility index (Phi) is 9.58. The number of hydrogen-bond acceptors (Lipinski definition) is 4. The molecule has 8 aromatic rings. The SMILES string of the molecule is Brc1cccc(N(c2cc(N(c3ccccc3)c3ccccc3)cc(N(c3ccccc3)c3ccccc3)c2)c2ccccc2-c2ccccn2)c1. The van der Waals surface area contributed by atoms with Gasteiger partial charge in [-0.05, 0) is 103 Å². The molecule has 5 heteroatoms.